The molecule has 0 saturated carbocycles. The van der Waals surface area contributed by atoms with Crippen molar-refractivity contribution in [2.24, 2.45) is 28.1 Å². The number of primary amides is 1. The first-order chi connectivity index (χ1) is 40.1. The minimum Gasteiger partial charge on any atom is -0.481 e. The number of carboxylic acids is 2. The average Bonchev–Trinajstić information content (AvgIpc) is 1.84. The molecule has 3 rings (SSSR count). The van der Waals surface area contributed by atoms with Crippen LogP contribution in [-0.2, 0) is 67.0 Å². The normalized spacial score (nSPS) is 14.6. The Morgan fingerprint density at radius 1 is 0.600 bits per heavy atom. The number of alkyl carbamates (subject to hydrolysis) is 1. The second kappa shape index (κ2) is 34.2. The van der Waals surface area contributed by atoms with Crippen molar-refractivity contribution in [2.75, 3.05) is 33.4 Å². The van der Waals surface area contributed by atoms with Crippen LogP contribution in [0.5, 0.6) is 0 Å². The molecule has 466 valence electrons. The average molecular weight is 1200 g/mol. The molecule has 32 nitrogen and oxygen atoms in total. The summed E-state index contributed by atoms with van der Waals surface area (Å²) in [6.45, 7) is 3.58. The van der Waals surface area contributed by atoms with Crippen LogP contribution in [0, 0.1) is 5.92 Å². The largest absolute Gasteiger partial charge is 0.481 e. The first-order valence-electron chi connectivity index (χ1n) is 26.7. The lowest BCUT2D eigenvalue weighted by Gasteiger charge is -2.27. The molecular formula is C53H75N13O19. The highest BCUT2D eigenvalue weighted by atomic mass is 16.5. The lowest BCUT2D eigenvalue weighted by atomic mass is 9.98. The minimum absolute atomic E-state index is 0.0221. The van der Waals surface area contributed by atoms with Crippen molar-refractivity contribution in [1.29, 1.82) is 0 Å². The number of guanidine groups is 1. The number of aliphatic hydroxyl groups is 2. The molecule has 0 unspecified atom stereocenters. The highest BCUT2D eigenvalue weighted by molar-refractivity contribution is 5.99. The number of rotatable bonds is 35. The summed E-state index contributed by atoms with van der Waals surface area (Å²) in [5.74, 6) is -15.5. The summed E-state index contributed by atoms with van der Waals surface area (Å²) < 4.78 is 10.2. The summed E-state index contributed by atoms with van der Waals surface area (Å²) in [4.78, 5) is 173. The Bertz CT molecular complexity index is 2750. The fraction of sp³-hybridized carbons (Fsp3) is 0.509. The summed E-state index contributed by atoms with van der Waals surface area (Å²) in [6.07, 6.45) is -6.40. The van der Waals surface area contributed by atoms with Gasteiger partial charge in [0.2, 0.25) is 53.2 Å². The Labute approximate surface area is 487 Å². The molecule has 0 aliphatic heterocycles. The second-order valence-corrected chi connectivity index (χ2v) is 20.0. The number of carboxylic acid groups (broad SMARTS) is 2. The smallest absolute Gasteiger partial charge is 0.407 e. The van der Waals surface area contributed by atoms with E-state index in [1.165, 1.54) is 13.8 Å². The van der Waals surface area contributed by atoms with E-state index in [1.807, 2.05) is 48.5 Å². The fourth-order valence-electron chi connectivity index (χ4n) is 8.57. The number of nitrogens with zero attached hydrogens (tertiary/aromatic N) is 1. The van der Waals surface area contributed by atoms with Gasteiger partial charge in [-0.1, -0.05) is 62.4 Å². The molecule has 2 aromatic carbocycles. The highest BCUT2D eigenvalue weighted by Gasteiger charge is 2.37. The number of aliphatic carboxylic acids is 2. The van der Waals surface area contributed by atoms with Gasteiger partial charge in [-0.15, -0.1) is 0 Å². The van der Waals surface area contributed by atoms with E-state index in [2.05, 4.69) is 57.6 Å². The number of amides is 10. The number of fused-ring (bicyclic) bond motifs is 3. The van der Waals surface area contributed by atoms with E-state index < -0.39 is 176 Å². The van der Waals surface area contributed by atoms with Crippen LogP contribution in [0.3, 0.4) is 0 Å². The van der Waals surface area contributed by atoms with Gasteiger partial charge in [0.15, 0.2) is 12.0 Å². The van der Waals surface area contributed by atoms with Crippen LogP contribution in [0.4, 0.5) is 4.79 Å². The zero-order valence-corrected chi connectivity index (χ0v) is 47.3. The maximum absolute atomic E-state index is 14.0. The molecular weight excluding hydrogens is 1120 g/mol. The van der Waals surface area contributed by atoms with E-state index >= 15 is 0 Å². The van der Waals surface area contributed by atoms with Crippen molar-refractivity contribution in [3.63, 3.8) is 0 Å². The number of nitrogens with two attached hydrogens (primary N) is 3. The molecule has 10 amide bonds. The predicted octanol–water partition coefficient (Wildman–Crippen LogP) is -4.72. The third kappa shape index (κ3) is 23.0. The van der Waals surface area contributed by atoms with Crippen molar-refractivity contribution in [3.8, 4) is 11.1 Å². The summed E-state index contributed by atoms with van der Waals surface area (Å²) in [5.41, 5.74) is 20.0. The molecule has 9 atom stereocenters. The first kappa shape index (κ1) is 69.8. The Balaban J connectivity index is 1.77. The molecule has 85 heavy (non-hydrogen) atoms. The van der Waals surface area contributed by atoms with E-state index in [0.717, 1.165) is 29.4 Å². The zero-order valence-electron chi connectivity index (χ0n) is 47.3. The monoisotopic (exact) mass is 1200 g/mol. The summed E-state index contributed by atoms with van der Waals surface area (Å²) in [6, 6.07) is 1.44. The van der Waals surface area contributed by atoms with Crippen LogP contribution in [-0.4, -0.2) is 191 Å². The molecule has 0 bridgehead atoms. The van der Waals surface area contributed by atoms with Crippen LogP contribution < -0.4 is 65.1 Å². The van der Waals surface area contributed by atoms with Crippen molar-refractivity contribution < 1.29 is 92.2 Å². The van der Waals surface area contributed by atoms with Crippen LogP contribution in [0.2, 0.25) is 0 Å². The third-order valence-electron chi connectivity index (χ3n) is 12.8. The van der Waals surface area contributed by atoms with Gasteiger partial charge < -0.3 is 95.0 Å². The third-order valence-corrected chi connectivity index (χ3v) is 12.8. The number of hydrogen-bond donors (Lipinski definition) is 16. The molecule has 0 aromatic heterocycles. The SMILES string of the molecule is COC(=O)[C@@H](NC(=O)[C@H](C)NC(=O)CNC(=O)[C@H](CO)NC(=O)[C@H](CC(C)C)NC(=O)[C@H](CC(=O)O)NC(=O)[C@H](CCC(=O)O)NC(=O)[C@H](CC(N)=O)NC(=O)[C@H](CCCN=C(N)N)NC(=O)OCC1c2ccccc2-c2ccccc21)[C@@H](C)O. The molecule has 32 heteroatoms. The highest BCUT2D eigenvalue weighted by Crippen LogP contribution is 2.44. The van der Waals surface area contributed by atoms with Gasteiger partial charge in [0.05, 0.1) is 39.2 Å². The zero-order chi connectivity index (χ0) is 63.7. The van der Waals surface area contributed by atoms with E-state index in [0.29, 0.717) is 0 Å². The Kier molecular flexibility index (Phi) is 28.1. The molecule has 19 N–H and O–H groups in total. The van der Waals surface area contributed by atoms with E-state index in [-0.39, 0.29) is 44.3 Å². The lowest BCUT2D eigenvalue weighted by molar-refractivity contribution is -0.148. The van der Waals surface area contributed by atoms with Gasteiger partial charge in [-0.05, 0) is 67.7 Å². The number of hydrogen-bond acceptors (Lipinski definition) is 18. The van der Waals surface area contributed by atoms with Gasteiger partial charge in [-0.25, -0.2) is 9.59 Å². The molecule has 2 aromatic rings. The van der Waals surface area contributed by atoms with E-state index in [1.54, 1.807) is 13.8 Å². The number of carbonyl (C=O) groups excluding carboxylic acids is 11. The van der Waals surface area contributed by atoms with Gasteiger partial charge in [0.1, 0.15) is 48.9 Å². The number of ether oxygens (including phenoxy) is 2. The van der Waals surface area contributed by atoms with Crippen LogP contribution in [0.1, 0.15) is 89.7 Å². The summed E-state index contributed by atoms with van der Waals surface area (Å²) >= 11 is 0. The van der Waals surface area contributed by atoms with Crippen molar-refractivity contribution in [3.05, 3.63) is 59.7 Å². The van der Waals surface area contributed by atoms with Gasteiger partial charge >= 0.3 is 24.0 Å². The standard InChI is InChI=1S/C53H75N13O19/c1-25(2)19-35(48(79)64-38(23-67)45(76)58-22-40(70)59-26(3)44(75)66-43(27(4)68)51(82)84-5)61-50(81)37(21-42(73)74)63-47(78)34(16-17-41(71)72)60-49(80)36(20-39(54)69)62-46(77)33(15-10-18-57-52(55)56)65-53(83)85-24-32-30-13-8-6-11-28(30)29-12-7-9-14-31(29)32/h6-9,11-14,25-27,32-38,43,67-68H,10,15-24H2,1-5H3,(H2,54,69)(H,58,76)(H,59,70)(H,60,80)(H,61,81)(H,62,77)(H,63,78)(H,64,79)(H,65,83)(H,66,75)(H,71,72)(H,73,74)(H4,55,56,57)/t26-,27+,33-,34-,35-,36-,37-,38-,43-/m0/s1. The van der Waals surface area contributed by atoms with Crippen molar-refractivity contribution in [2.45, 2.75) is 133 Å². The Hall–Kier alpha value is -9.46. The number of carbonyl (C=O) groups is 13. The van der Waals surface area contributed by atoms with E-state index in [4.69, 9.17) is 21.9 Å². The number of nitrogens with one attached hydrogen (secondary N) is 9. The molecule has 0 radical (unpaired) electrons. The number of aliphatic imine (C=N–C) groups is 1. The number of methoxy groups -OCH3 is 1. The van der Waals surface area contributed by atoms with Crippen LogP contribution in [0.15, 0.2) is 53.5 Å². The first-order valence-corrected chi connectivity index (χ1v) is 26.7. The number of esters is 1. The van der Waals surface area contributed by atoms with Crippen LogP contribution >= 0.6 is 0 Å². The van der Waals surface area contributed by atoms with Gasteiger partial charge in [-0.2, -0.15) is 0 Å². The van der Waals surface area contributed by atoms with Gasteiger partial charge in [0.25, 0.3) is 0 Å². The van der Waals surface area contributed by atoms with E-state index in [9.17, 15) is 82.8 Å². The van der Waals surface area contributed by atoms with Gasteiger partial charge in [-0.3, -0.25) is 57.7 Å². The summed E-state index contributed by atoms with van der Waals surface area (Å²) in [5, 5.41) is 59.4. The van der Waals surface area contributed by atoms with Crippen molar-refractivity contribution in [1.82, 2.24) is 47.9 Å². The number of benzene rings is 2. The molecule has 1 aliphatic rings. The van der Waals surface area contributed by atoms with Crippen LogP contribution in [0.25, 0.3) is 11.1 Å². The molecule has 0 heterocycles. The van der Waals surface area contributed by atoms with Gasteiger partial charge in [0, 0.05) is 18.9 Å². The molecule has 0 saturated heterocycles. The topological polar surface area (TPSA) is 520 Å². The quantitative estimate of drug-likeness (QED) is 0.0133. The lowest BCUT2D eigenvalue weighted by Crippen LogP contribution is -2.60. The molecule has 0 fully saturated rings. The second-order valence-electron chi connectivity index (χ2n) is 20.0. The number of aliphatic hydroxyl groups excluding tert-OH is 2. The minimum atomic E-state index is -2.07. The predicted molar refractivity (Wildman–Crippen MR) is 297 cm³/mol. The maximum Gasteiger partial charge on any atom is 0.407 e. The Morgan fingerprint density at radius 3 is 1.61 bits per heavy atom. The fourth-order valence-corrected chi connectivity index (χ4v) is 8.57. The summed E-state index contributed by atoms with van der Waals surface area (Å²) in [7, 11) is 1.02. The molecule has 1 aliphatic carbocycles. The molecule has 0 spiro atoms. The van der Waals surface area contributed by atoms with Crippen molar-refractivity contribution >= 4 is 83.1 Å². The maximum atomic E-state index is 14.0. The Morgan fingerprint density at radius 2 is 1.11 bits per heavy atom.